The number of benzene rings is 1. The van der Waals surface area contributed by atoms with E-state index in [1.165, 1.54) is 23.0 Å². The van der Waals surface area contributed by atoms with E-state index in [1.54, 1.807) is 13.1 Å². The van der Waals surface area contributed by atoms with E-state index in [1.807, 2.05) is 0 Å². The van der Waals surface area contributed by atoms with Crippen molar-refractivity contribution in [1.29, 1.82) is 5.26 Å². The van der Waals surface area contributed by atoms with E-state index in [2.05, 4.69) is 16.5 Å². The Hall–Kier alpha value is -2.76. The lowest BCUT2D eigenvalue weighted by atomic mass is 9.73. The fourth-order valence-electron chi connectivity index (χ4n) is 3.38. The lowest BCUT2D eigenvalue weighted by Gasteiger charge is -2.33. The Morgan fingerprint density at radius 2 is 2.36 bits per heavy atom. The molecule has 1 aliphatic heterocycles. The normalized spacial score (nSPS) is 30.0. The number of carbonyl (C=O) groups is 1. The molecule has 1 heterocycles. The second kappa shape index (κ2) is 7.70. The van der Waals surface area contributed by atoms with Crippen LogP contribution >= 0.6 is 11.6 Å². The maximum Gasteiger partial charge on any atom is 0.258 e. The number of amides is 1. The summed E-state index contributed by atoms with van der Waals surface area (Å²) in [6.07, 6.45) is 4.82. The molecule has 3 unspecified atom stereocenters. The van der Waals surface area contributed by atoms with E-state index in [-0.39, 0.29) is 34.0 Å². The second-order valence-corrected chi connectivity index (χ2v) is 7.68. The number of aliphatic hydroxyl groups is 1. The summed E-state index contributed by atoms with van der Waals surface area (Å²) in [4.78, 5) is 16.0. The van der Waals surface area contributed by atoms with Crippen LogP contribution in [0, 0.1) is 29.0 Å². The zero-order valence-corrected chi connectivity index (χ0v) is 15.9. The monoisotopic (exact) mass is 404 g/mol. The molecule has 3 rings (SSSR count). The van der Waals surface area contributed by atoms with Crippen LogP contribution in [0.25, 0.3) is 0 Å². The highest BCUT2D eigenvalue weighted by Gasteiger charge is 2.38. The molecule has 3 atom stereocenters. The first-order valence-electron chi connectivity index (χ1n) is 8.76. The predicted octanol–water partition coefficient (Wildman–Crippen LogP) is 2.17. The van der Waals surface area contributed by atoms with Crippen molar-refractivity contribution in [2.24, 2.45) is 22.6 Å². The van der Waals surface area contributed by atoms with Crippen LogP contribution in [-0.4, -0.2) is 33.3 Å². The first kappa shape index (κ1) is 20.0. The first-order valence-corrected chi connectivity index (χ1v) is 9.14. The predicted molar refractivity (Wildman–Crippen MR) is 102 cm³/mol. The summed E-state index contributed by atoms with van der Waals surface area (Å²) in [5.41, 5.74) is 7.89. The molecule has 1 amide bonds. The second-order valence-electron chi connectivity index (χ2n) is 7.27. The largest absolute Gasteiger partial charge is 0.390 e. The molecule has 1 aromatic rings. The van der Waals surface area contributed by atoms with E-state index >= 15 is 0 Å². The van der Waals surface area contributed by atoms with Gasteiger partial charge >= 0.3 is 0 Å². The summed E-state index contributed by atoms with van der Waals surface area (Å²) in [7, 11) is 0. The molecule has 9 heteroatoms. The Balaban J connectivity index is 1.88. The lowest BCUT2D eigenvalue weighted by Crippen LogP contribution is -2.38. The number of amidine groups is 1. The van der Waals surface area contributed by atoms with Gasteiger partial charge in [-0.1, -0.05) is 16.3 Å². The summed E-state index contributed by atoms with van der Waals surface area (Å²) < 4.78 is 15.2. The van der Waals surface area contributed by atoms with Crippen LogP contribution in [0.5, 0.6) is 0 Å². The third kappa shape index (κ3) is 4.38. The number of hydrogen-bond donors (Lipinski definition) is 3. The van der Waals surface area contributed by atoms with Gasteiger partial charge in [0.1, 0.15) is 5.82 Å². The van der Waals surface area contributed by atoms with E-state index < -0.39 is 17.3 Å². The molecule has 0 bridgehead atoms. The number of primary amides is 1. The summed E-state index contributed by atoms with van der Waals surface area (Å²) in [5, 5.41) is 19.6. The fraction of sp³-hybridized carbons (Fsp3) is 0.368. The summed E-state index contributed by atoms with van der Waals surface area (Å²) in [6, 6.07) is 6.27. The third-order valence-electron chi connectivity index (χ3n) is 4.88. The Bertz CT molecular complexity index is 948. The minimum absolute atomic E-state index is 0.0281. The molecule has 0 saturated heterocycles. The van der Waals surface area contributed by atoms with Crippen molar-refractivity contribution in [1.82, 2.24) is 5.43 Å². The summed E-state index contributed by atoms with van der Waals surface area (Å²) in [6.45, 7) is 1.72. The van der Waals surface area contributed by atoms with Crippen LogP contribution in [-0.2, 0) is 4.79 Å². The van der Waals surface area contributed by atoms with Gasteiger partial charge in [0, 0.05) is 6.07 Å². The lowest BCUT2D eigenvalue weighted by molar-refractivity contribution is -0.494. The SMILES string of the molecule is CC1(O)CCC(C=[N+]2C=C(C(N)=O)C(=Nc3ccc(Cl)c(F)c3)N2)C(C#N)C1. The number of halogens is 2. The van der Waals surface area contributed by atoms with Crippen molar-refractivity contribution in [2.75, 3.05) is 0 Å². The Morgan fingerprint density at radius 3 is 3.00 bits per heavy atom. The molecule has 7 nitrogen and oxygen atoms in total. The topological polar surface area (TPSA) is 115 Å². The number of aliphatic imine (C=N–C) groups is 1. The van der Waals surface area contributed by atoms with Crippen LogP contribution in [0.4, 0.5) is 10.1 Å². The zero-order valence-electron chi connectivity index (χ0n) is 15.2. The number of nitrogens with one attached hydrogen (secondary N) is 1. The van der Waals surface area contributed by atoms with Crippen LogP contribution in [0.2, 0.25) is 5.02 Å². The molecular weight excluding hydrogens is 385 g/mol. The van der Waals surface area contributed by atoms with Crippen LogP contribution in [0.3, 0.4) is 0 Å². The van der Waals surface area contributed by atoms with Gasteiger partial charge in [0.2, 0.25) is 12.0 Å². The number of rotatable bonds is 3. The molecule has 0 radical (unpaired) electrons. The van der Waals surface area contributed by atoms with Gasteiger partial charge in [0.25, 0.3) is 5.91 Å². The molecule has 4 N–H and O–H groups in total. The number of nitrogens with two attached hydrogens (primary N) is 1. The minimum Gasteiger partial charge on any atom is -0.390 e. The van der Waals surface area contributed by atoms with Gasteiger partial charge in [-0.15, -0.1) is 5.43 Å². The number of nitrogens with zero attached hydrogens (tertiary/aromatic N) is 3. The van der Waals surface area contributed by atoms with E-state index in [4.69, 9.17) is 17.3 Å². The van der Waals surface area contributed by atoms with Crippen molar-refractivity contribution in [3.05, 3.63) is 40.8 Å². The van der Waals surface area contributed by atoms with E-state index in [0.717, 1.165) is 6.07 Å². The molecule has 146 valence electrons. The van der Waals surface area contributed by atoms with E-state index in [0.29, 0.717) is 19.3 Å². The standard InChI is InChI=1S/C19H19ClFN5O2/c1-19(28)5-4-11(12(7-19)8-22)9-26-10-14(17(23)27)18(25-26)24-13-2-3-15(20)16(21)6-13/h2-3,6,9-12,28H,4-5,7H2,1H3,(H2-,23,24,25,27)/p+1. The number of nitriles is 1. The molecular formula is C19H20ClFN5O2+. The van der Waals surface area contributed by atoms with Gasteiger partial charge in [0.05, 0.1) is 34.2 Å². The maximum absolute atomic E-state index is 13.6. The smallest absolute Gasteiger partial charge is 0.258 e. The number of hydrazone groups is 1. The Labute approximate surface area is 166 Å². The van der Waals surface area contributed by atoms with Crippen molar-refractivity contribution >= 4 is 35.2 Å². The molecule has 0 spiro atoms. The van der Waals surface area contributed by atoms with Crippen molar-refractivity contribution in [2.45, 2.75) is 31.8 Å². The highest BCUT2D eigenvalue weighted by molar-refractivity contribution is 6.30. The first-order chi connectivity index (χ1) is 13.2. The number of carbonyl (C=O) groups excluding carboxylic acids is 1. The number of hydrogen-bond acceptors (Lipinski definition) is 4. The summed E-state index contributed by atoms with van der Waals surface area (Å²) >= 11 is 5.67. The zero-order chi connectivity index (χ0) is 20.5. The van der Waals surface area contributed by atoms with Crippen LogP contribution in [0.1, 0.15) is 26.2 Å². The Morgan fingerprint density at radius 1 is 1.61 bits per heavy atom. The van der Waals surface area contributed by atoms with Crippen LogP contribution in [0.15, 0.2) is 35.0 Å². The highest BCUT2D eigenvalue weighted by Crippen LogP contribution is 2.35. The van der Waals surface area contributed by atoms with Crippen molar-refractivity contribution in [3.8, 4) is 6.07 Å². The molecule has 1 fully saturated rings. The molecule has 28 heavy (non-hydrogen) atoms. The van der Waals surface area contributed by atoms with Gasteiger partial charge in [-0.25, -0.2) is 9.38 Å². The van der Waals surface area contributed by atoms with Gasteiger partial charge in [-0.3, -0.25) is 4.79 Å². The molecule has 1 aliphatic carbocycles. The molecule has 0 aromatic heterocycles. The highest BCUT2D eigenvalue weighted by atomic mass is 35.5. The minimum atomic E-state index is -0.858. The average molecular weight is 405 g/mol. The molecule has 1 aromatic carbocycles. The van der Waals surface area contributed by atoms with Gasteiger partial charge in [-0.05, 0) is 38.3 Å². The molecule has 1 saturated carbocycles. The van der Waals surface area contributed by atoms with Crippen molar-refractivity contribution in [3.63, 3.8) is 0 Å². The van der Waals surface area contributed by atoms with Gasteiger partial charge in [-0.2, -0.15) is 5.26 Å². The van der Waals surface area contributed by atoms with Gasteiger partial charge < -0.3 is 10.8 Å². The third-order valence-corrected chi connectivity index (χ3v) is 5.19. The van der Waals surface area contributed by atoms with E-state index in [9.17, 15) is 19.6 Å². The van der Waals surface area contributed by atoms with Crippen LogP contribution < -0.4 is 11.2 Å². The number of hydrazine groups is 1. The fourth-order valence-corrected chi connectivity index (χ4v) is 3.49. The maximum atomic E-state index is 13.6. The average Bonchev–Trinajstić information content (AvgIpc) is 3.02. The summed E-state index contributed by atoms with van der Waals surface area (Å²) in [5.74, 6) is -1.62. The quantitative estimate of drug-likeness (QED) is 0.669. The molecule has 2 aliphatic rings. The van der Waals surface area contributed by atoms with Gasteiger partial charge in [0.15, 0.2) is 11.8 Å². The Kier molecular flexibility index (Phi) is 5.49. The van der Waals surface area contributed by atoms with Crippen molar-refractivity contribution < 1.29 is 19.0 Å².